The number of benzene rings is 1. The van der Waals surface area contributed by atoms with Crippen LogP contribution in [0.4, 0.5) is 0 Å². The molecule has 0 heterocycles. The van der Waals surface area contributed by atoms with E-state index in [1.807, 2.05) is 6.07 Å². The number of rotatable bonds is 3. The number of halogens is 2. The Labute approximate surface area is 97.5 Å². The number of ether oxygens (including phenoxy) is 1. The van der Waals surface area contributed by atoms with Gasteiger partial charge in [0.2, 0.25) is 0 Å². The van der Waals surface area contributed by atoms with Crippen molar-refractivity contribution in [3.05, 3.63) is 27.2 Å². The SMILES string of the molecule is COc1cc(Cl)cc(C(C)CN)c1Br. The fourth-order valence-corrected chi connectivity index (χ4v) is 2.22. The van der Waals surface area contributed by atoms with Gasteiger partial charge in [-0.15, -0.1) is 0 Å². The fourth-order valence-electron chi connectivity index (χ4n) is 1.22. The van der Waals surface area contributed by atoms with Crippen molar-refractivity contribution in [3.63, 3.8) is 0 Å². The van der Waals surface area contributed by atoms with Gasteiger partial charge in [-0.25, -0.2) is 0 Å². The zero-order valence-corrected chi connectivity index (χ0v) is 10.5. The Morgan fingerprint density at radius 1 is 1.57 bits per heavy atom. The molecule has 0 saturated carbocycles. The van der Waals surface area contributed by atoms with Gasteiger partial charge in [-0.05, 0) is 46.1 Å². The molecule has 1 atom stereocenters. The molecular weight excluding hydrogens is 265 g/mol. The third-order valence-corrected chi connectivity index (χ3v) is 3.20. The molecule has 0 amide bonds. The lowest BCUT2D eigenvalue weighted by Gasteiger charge is -2.14. The molecule has 4 heteroatoms. The average Bonchev–Trinajstić information content (AvgIpc) is 2.19. The normalized spacial score (nSPS) is 12.6. The lowest BCUT2D eigenvalue weighted by Crippen LogP contribution is -2.09. The van der Waals surface area contributed by atoms with E-state index in [0.29, 0.717) is 11.6 Å². The van der Waals surface area contributed by atoms with E-state index in [-0.39, 0.29) is 5.92 Å². The first kappa shape index (κ1) is 11.8. The number of nitrogens with two attached hydrogens (primary N) is 1. The highest BCUT2D eigenvalue weighted by Crippen LogP contribution is 2.35. The Morgan fingerprint density at radius 2 is 2.21 bits per heavy atom. The van der Waals surface area contributed by atoms with Crippen LogP contribution < -0.4 is 10.5 Å². The van der Waals surface area contributed by atoms with Gasteiger partial charge >= 0.3 is 0 Å². The van der Waals surface area contributed by atoms with Crippen LogP contribution in [0, 0.1) is 0 Å². The van der Waals surface area contributed by atoms with Crippen LogP contribution in [0.15, 0.2) is 16.6 Å². The van der Waals surface area contributed by atoms with Crippen molar-refractivity contribution in [2.24, 2.45) is 5.73 Å². The predicted molar refractivity (Wildman–Crippen MR) is 63.2 cm³/mol. The molecule has 1 aromatic carbocycles. The molecule has 0 saturated heterocycles. The summed E-state index contributed by atoms with van der Waals surface area (Å²) in [6.07, 6.45) is 0. The molecule has 0 aliphatic rings. The van der Waals surface area contributed by atoms with Gasteiger partial charge in [0.25, 0.3) is 0 Å². The van der Waals surface area contributed by atoms with Gasteiger partial charge in [0.15, 0.2) is 0 Å². The maximum absolute atomic E-state index is 5.96. The van der Waals surface area contributed by atoms with Crippen LogP contribution in [-0.4, -0.2) is 13.7 Å². The molecule has 1 unspecified atom stereocenters. The molecule has 78 valence electrons. The van der Waals surface area contributed by atoms with Gasteiger partial charge in [-0.1, -0.05) is 18.5 Å². The van der Waals surface area contributed by atoms with Crippen molar-refractivity contribution in [2.45, 2.75) is 12.8 Å². The van der Waals surface area contributed by atoms with E-state index in [9.17, 15) is 0 Å². The molecule has 1 aromatic rings. The summed E-state index contributed by atoms with van der Waals surface area (Å²) in [5.74, 6) is 1.00. The molecule has 0 bridgehead atoms. The Balaban J connectivity index is 3.21. The van der Waals surface area contributed by atoms with Gasteiger partial charge in [-0.3, -0.25) is 0 Å². The summed E-state index contributed by atoms with van der Waals surface area (Å²) < 4.78 is 6.12. The largest absolute Gasteiger partial charge is 0.496 e. The summed E-state index contributed by atoms with van der Waals surface area (Å²) in [6, 6.07) is 3.68. The van der Waals surface area contributed by atoms with Crippen LogP contribution in [0.25, 0.3) is 0 Å². The van der Waals surface area contributed by atoms with Crippen molar-refractivity contribution in [2.75, 3.05) is 13.7 Å². The number of hydrogen-bond donors (Lipinski definition) is 1. The maximum atomic E-state index is 5.96. The Kier molecular flexibility index (Phi) is 4.23. The minimum absolute atomic E-state index is 0.261. The van der Waals surface area contributed by atoms with Crippen molar-refractivity contribution >= 4 is 27.5 Å². The summed E-state index contributed by atoms with van der Waals surface area (Å²) in [5, 5.41) is 0.667. The first-order valence-corrected chi connectivity index (χ1v) is 5.50. The monoisotopic (exact) mass is 277 g/mol. The van der Waals surface area contributed by atoms with E-state index in [4.69, 9.17) is 22.1 Å². The minimum Gasteiger partial charge on any atom is -0.496 e. The smallest absolute Gasteiger partial charge is 0.134 e. The molecule has 14 heavy (non-hydrogen) atoms. The fraction of sp³-hybridized carbons (Fsp3) is 0.400. The van der Waals surface area contributed by atoms with Crippen molar-refractivity contribution in [3.8, 4) is 5.75 Å². The predicted octanol–water partition coefficient (Wildman–Crippen LogP) is 3.17. The van der Waals surface area contributed by atoms with E-state index < -0.39 is 0 Å². The number of methoxy groups -OCH3 is 1. The summed E-state index contributed by atoms with van der Waals surface area (Å²) in [7, 11) is 1.62. The molecule has 0 aromatic heterocycles. The van der Waals surface area contributed by atoms with E-state index in [1.54, 1.807) is 13.2 Å². The van der Waals surface area contributed by atoms with Crippen molar-refractivity contribution < 1.29 is 4.74 Å². The molecule has 0 aliphatic carbocycles. The molecule has 0 radical (unpaired) electrons. The minimum atomic E-state index is 0.261. The third kappa shape index (κ3) is 2.41. The molecular formula is C10H13BrClNO. The van der Waals surface area contributed by atoms with Crippen LogP contribution in [0.1, 0.15) is 18.4 Å². The molecule has 2 N–H and O–H groups in total. The van der Waals surface area contributed by atoms with Crippen LogP contribution in [-0.2, 0) is 0 Å². The summed E-state index contributed by atoms with van der Waals surface area (Å²) >= 11 is 9.44. The second-order valence-electron chi connectivity index (χ2n) is 3.15. The molecule has 1 rings (SSSR count). The second-order valence-corrected chi connectivity index (χ2v) is 4.38. The molecule has 0 aliphatic heterocycles. The van der Waals surface area contributed by atoms with Gasteiger partial charge in [0, 0.05) is 5.02 Å². The van der Waals surface area contributed by atoms with Crippen molar-refractivity contribution in [1.82, 2.24) is 0 Å². The second kappa shape index (κ2) is 5.01. The van der Waals surface area contributed by atoms with E-state index in [2.05, 4.69) is 22.9 Å². The Bertz CT molecular complexity index is 330. The van der Waals surface area contributed by atoms with Gasteiger partial charge in [0.1, 0.15) is 5.75 Å². The first-order chi connectivity index (χ1) is 6.60. The summed E-state index contributed by atoms with van der Waals surface area (Å²) in [4.78, 5) is 0. The van der Waals surface area contributed by atoms with E-state index in [1.165, 1.54) is 0 Å². The van der Waals surface area contributed by atoms with Crippen LogP contribution in [0.3, 0.4) is 0 Å². The van der Waals surface area contributed by atoms with Gasteiger partial charge < -0.3 is 10.5 Å². The highest BCUT2D eigenvalue weighted by Gasteiger charge is 2.13. The first-order valence-electron chi connectivity index (χ1n) is 4.33. The summed E-state index contributed by atoms with van der Waals surface area (Å²) in [6.45, 7) is 2.64. The van der Waals surface area contributed by atoms with Gasteiger partial charge in [-0.2, -0.15) is 0 Å². The highest BCUT2D eigenvalue weighted by atomic mass is 79.9. The Hall–Kier alpha value is -0.250. The topological polar surface area (TPSA) is 35.2 Å². The summed E-state index contributed by atoms with van der Waals surface area (Å²) in [5.41, 5.74) is 6.69. The van der Waals surface area contributed by atoms with Crippen LogP contribution >= 0.6 is 27.5 Å². The zero-order valence-electron chi connectivity index (χ0n) is 8.18. The van der Waals surface area contributed by atoms with Crippen LogP contribution in [0.5, 0.6) is 5.75 Å². The quantitative estimate of drug-likeness (QED) is 0.922. The highest BCUT2D eigenvalue weighted by molar-refractivity contribution is 9.10. The van der Waals surface area contributed by atoms with E-state index >= 15 is 0 Å². The molecule has 2 nitrogen and oxygen atoms in total. The number of hydrogen-bond acceptors (Lipinski definition) is 2. The van der Waals surface area contributed by atoms with Crippen LogP contribution in [0.2, 0.25) is 5.02 Å². The standard InChI is InChI=1S/C10H13BrClNO/c1-6(5-13)8-3-7(12)4-9(14-2)10(8)11/h3-4,6H,5,13H2,1-2H3. The average molecular weight is 279 g/mol. The zero-order chi connectivity index (χ0) is 10.7. The third-order valence-electron chi connectivity index (χ3n) is 2.14. The molecule has 0 spiro atoms. The lowest BCUT2D eigenvalue weighted by molar-refractivity contribution is 0.411. The Morgan fingerprint density at radius 3 is 2.71 bits per heavy atom. The maximum Gasteiger partial charge on any atom is 0.134 e. The van der Waals surface area contributed by atoms with Crippen molar-refractivity contribution in [1.29, 1.82) is 0 Å². The van der Waals surface area contributed by atoms with E-state index in [0.717, 1.165) is 15.8 Å². The lowest BCUT2D eigenvalue weighted by atomic mass is 10.0. The van der Waals surface area contributed by atoms with Gasteiger partial charge in [0.05, 0.1) is 11.6 Å². The molecule has 0 fully saturated rings.